The first-order valence-electron chi connectivity index (χ1n) is 6.35. The summed E-state index contributed by atoms with van der Waals surface area (Å²) in [5.41, 5.74) is 5.84. The third-order valence-corrected chi connectivity index (χ3v) is 3.33. The molecule has 0 spiro atoms. The average molecular weight is 245 g/mol. The molecule has 0 aliphatic heterocycles. The standard InChI is InChI=1S/C14H19N3O/c15-13(14(18)9-5-2-6-10-14)17-16-11-12-7-3-1-4-8-12/h1,3-4,7-8,11,18H,2,5-6,9-10H2,(H2,15,17)/b16-11-. The molecule has 1 aromatic rings. The van der Waals surface area contributed by atoms with Crippen LogP contribution in [0.25, 0.3) is 0 Å². The molecule has 0 amide bonds. The van der Waals surface area contributed by atoms with Crippen molar-refractivity contribution in [2.75, 3.05) is 0 Å². The van der Waals surface area contributed by atoms with Crippen LogP contribution in [0.3, 0.4) is 0 Å². The van der Waals surface area contributed by atoms with Crippen LogP contribution in [0.15, 0.2) is 40.5 Å². The van der Waals surface area contributed by atoms with Crippen molar-refractivity contribution in [3.05, 3.63) is 35.9 Å². The van der Waals surface area contributed by atoms with E-state index in [0.717, 1.165) is 24.8 Å². The molecule has 0 saturated heterocycles. The fraction of sp³-hybridized carbons (Fsp3) is 0.429. The van der Waals surface area contributed by atoms with Crippen LogP contribution in [-0.2, 0) is 0 Å². The van der Waals surface area contributed by atoms with Crippen LogP contribution in [0.4, 0.5) is 0 Å². The maximum atomic E-state index is 10.3. The predicted octanol–water partition coefficient (Wildman–Crippen LogP) is 2.07. The summed E-state index contributed by atoms with van der Waals surface area (Å²) in [6, 6.07) is 9.68. The summed E-state index contributed by atoms with van der Waals surface area (Å²) in [5, 5.41) is 18.2. The van der Waals surface area contributed by atoms with Crippen molar-refractivity contribution in [3.8, 4) is 0 Å². The minimum absolute atomic E-state index is 0.231. The van der Waals surface area contributed by atoms with E-state index >= 15 is 0 Å². The molecule has 2 rings (SSSR count). The molecule has 18 heavy (non-hydrogen) atoms. The first-order valence-corrected chi connectivity index (χ1v) is 6.35. The quantitative estimate of drug-likeness (QED) is 0.486. The molecule has 1 aliphatic carbocycles. The van der Waals surface area contributed by atoms with Gasteiger partial charge in [-0.3, -0.25) is 0 Å². The van der Waals surface area contributed by atoms with Gasteiger partial charge >= 0.3 is 0 Å². The van der Waals surface area contributed by atoms with E-state index < -0.39 is 5.60 Å². The van der Waals surface area contributed by atoms with Gasteiger partial charge < -0.3 is 10.8 Å². The Morgan fingerprint density at radius 2 is 1.83 bits per heavy atom. The van der Waals surface area contributed by atoms with Crippen molar-refractivity contribution in [1.29, 1.82) is 0 Å². The molecular weight excluding hydrogens is 226 g/mol. The van der Waals surface area contributed by atoms with Crippen LogP contribution >= 0.6 is 0 Å². The number of hydrogen-bond acceptors (Lipinski definition) is 3. The lowest BCUT2D eigenvalue weighted by Gasteiger charge is -2.30. The topological polar surface area (TPSA) is 71.0 Å². The molecule has 0 atom stereocenters. The first-order chi connectivity index (χ1) is 8.71. The van der Waals surface area contributed by atoms with Crippen LogP contribution in [0.5, 0.6) is 0 Å². The molecule has 0 heterocycles. The van der Waals surface area contributed by atoms with Crippen molar-refractivity contribution in [2.45, 2.75) is 37.7 Å². The van der Waals surface area contributed by atoms with Crippen LogP contribution < -0.4 is 5.73 Å². The zero-order valence-corrected chi connectivity index (χ0v) is 10.4. The van der Waals surface area contributed by atoms with Gasteiger partial charge in [0, 0.05) is 0 Å². The van der Waals surface area contributed by atoms with Crippen LogP contribution in [0.1, 0.15) is 37.7 Å². The van der Waals surface area contributed by atoms with Gasteiger partial charge in [0.25, 0.3) is 0 Å². The Morgan fingerprint density at radius 1 is 1.17 bits per heavy atom. The van der Waals surface area contributed by atoms with Gasteiger partial charge in [-0.25, -0.2) is 0 Å². The van der Waals surface area contributed by atoms with Gasteiger partial charge in [0.05, 0.1) is 6.21 Å². The van der Waals surface area contributed by atoms with Crippen molar-refractivity contribution >= 4 is 12.1 Å². The Morgan fingerprint density at radius 3 is 2.50 bits per heavy atom. The Bertz CT molecular complexity index is 434. The highest BCUT2D eigenvalue weighted by molar-refractivity contribution is 5.89. The monoisotopic (exact) mass is 245 g/mol. The van der Waals surface area contributed by atoms with E-state index in [-0.39, 0.29) is 5.84 Å². The van der Waals surface area contributed by atoms with Crippen molar-refractivity contribution in [2.24, 2.45) is 15.9 Å². The van der Waals surface area contributed by atoms with Gasteiger partial charge in [-0.05, 0) is 18.4 Å². The normalized spacial score (nSPS) is 20.2. The molecule has 3 N–H and O–H groups in total. The van der Waals surface area contributed by atoms with Crippen LogP contribution in [-0.4, -0.2) is 22.8 Å². The average Bonchev–Trinajstić information content (AvgIpc) is 2.41. The van der Waals surface area contributed by atoms with Crippen molar-refractivity contribution in [3.63, 3.8) is 0 Å². The number of nitrogens with zero attached hydrogens (tertiary/aromatic N) is 2. The van der Waals surface area contributed by atoms with E-state index in [1.807, 2.05) is 30.3 Å². The second kappa shape index (κ2) is 5.78. The zero-order chi connectivity index (χ0) is 12.8. The number of hydrogen-bond donors (Lipinski definition) is 2. The molecule has 0 aromatic heterocycles. The summed E-state index contributed by atoms with van der Waals surface area (Å²) in [6.07, 6.45) is 6.15. The second-order valence-electron chi connectivity index (χ2n) is 4.73. The minimum Gasteiger partial charge on any atom is -0.383 e. The third-order valence-electron chi connectivity index (χ3n) is 3.33. The molecule has 0 radical (unpaired) electrons. The van der Waals surface area contributed by atoms with E-state index in [0.29, 0.717) is 12.8 Å². The molecule has 96 valence electrons. The zero-order valence-electron chi connectivity index (χ0n) is 10.4. The summed E-state index contributed by atoms with van der Waals surface area (Å²) in [6.45, 7) is 0. The number of nitrogens with two attached hydrogens (primary N) is 1. The maximum Gasteiger partial charge on any atom is 0.154 e. The Hall–Kier alpha value is -1.68. The van der Waals surface area contributed by atoms with Gasteiger partial charge in [-0.15, -0.1) is 5.10 Å². The van der Waals surface area contributed by atoms with Gasteiger partial charge in [0.2, 0.25) is 0 Å². The molecule has 4 heteroatoms. The Labute approximate surface area is 107 Å². The molecule has 1 aromatic carbocycles. The summed E-state index contributed by atoms with van der Waals surface area (Å²) in [7, 11) is 0. The fourth-order valence-corrected chi connectivity index (χ4v) is 2.18. The lowest BCUT2D eigenvalue weighted by molar-refractivity contribution is 0.0694. The van der Waals surface area contributed by atoms with Gasteiger partial charge in [0.1, 0.15) is 5.60 Å². The third kappa shape index (κ3) is 3.17. The van der Waals surface area contributed by atoms with Gasteiger partial charge in [-0.1, -0.05) is 49.6 Å². The smallest absolute Gasteiger partial charge is 0.154 e. The number of benzene rings is 1. The van der Waals surface area contributed by atoms with Crippen molar-refractivity contribution < 1.29 is 5.11 Å². The first kappa shape index (κ1) is 12.8. The Kier molecular flexibility index (Phi) is 4.10. The Balaban J connectivity index is 2.02. The second-order valence-corrected chi connectivity index (χ2v) is 4.73. The van der Waals surface area contributed by atoms with E-state index in [2.05, 4.69) is 10.2 Å². The predicted molar refractivity (Wildman–Crippen MR) is 73.7 cm³/mol. The number of amidine groups is 1. The fourth-order valence-electron chi connectivity index (χ4n) is 2.18. The molecule has 1 saturated carbocycles. The van der Waals surface area contributed by atoms with E-state index in [1.54, 1.807) is 6.21 Å². The highest BCUT2D eigenvalue weighted by Gasteiger charge is 2.33. The molecule has 0 bridgehead atoms. The summed E-state index contributed by atoms with van der Waals surface area (Å²) in [4.78, 5) is 0. The van der Waals surface area contributed by atoms with E-state index in [1.165, 1.54) is 0 Å². The lowest BCUT2D eigenvalue weighted by Crippen LogP contribution is -2.45. The number of rotatable bonds is 3. The molecule has 1 aliphatic rings. The summed E-state index contributed by atoms with van der Waals surface area (Å²) >= 11 is 0. The summed E-state index contributed by atoms with van der Waals surface area (Å²) in [5.74, 6) is 0.231. The maximum absolute atomic E-state index is 10.3. The largest absolute Gasteiger partial charge is 0.383 e. The SMILES string of the molecule is N/C(=N\N=C/c1ccccc1)C1(O)CCCCC1. The molecule has 1 fully saturated rings. The molecular formula is C14H19N3O. The van der Waals surface area contributed by atoms with Gasteiger partial charge in [0.15, 0.2) is 5.84 Å². The van der Waals surface area contributed by atoms with E-state index in [4.69, 9.17) is 5.73 Å². The van der Waals surface area contributed by atoms with Crippen molar-refractivity contribution in [1.82, 2.24) is 0 Å². The lowest BCUT2D eigenvalue weighted by atomic mass is 9.84. The number of aliphatic hydroxyl groups is 1. The molecule has 4 nitrogen and oxygen atoms in total. The minimum atomic E-state index is -0.952. The highest BCUT2D eigenvalue weighted by Crippen LogP contribution is 2.28. The van der Waals surface area contributed by atoms with E-state index in [9.17, 15) is 5.11 Å². The highest BCUT2D eigenvalue weighted by atomic mass is 16.3. The van der Waals surface area contributed by atoms with Crippen LogP contribution in [0.2, 0.25) is 0 Å². The summed E-state index contributed by atoms with van der Waals surface area (Å²) < 4.78 is 0. The van der Waals surface area contributed by atoms with Crippen LogP contribution in [0, 0.1) is 0 Å². The molecule has 0 unspecified atom stereocenters. The van der Waals surface area contributed by atoms with Gasteiger partial charge in [-0.2, -0.15) is 5.10 Å².